The Hall–Kier alpha value is -3.85. The molecule has 6 heteroatoms. The fourth-order valence-corrected chi connectivity index (χ4v) is 2.55. The van der Waals surface area contributed by atoms with Crippen molar-refractivity contribution < 1.29 is 9.53 Å². The fourth-order valence-electron chi connectivity index (χ4n) is 2.55. The molecule has 1 amide bonds. The molecule has 1 heterocycles. The van der Waals surface area contributed by atoms with Crippen LogP contribution in [0.3, 0.4) is 0 Å². The molecule has 2 N–H and O–H groups in total. The number of carbonyl (C=O) groups is 1. The number of hydrogen-bond acceptors (Lipinski definition) is 5. The second-order valence-corrected chi connectivity index (χ2v) is 5.77. The molecular formula is C21H18N4O2. The number of aromatic nitrogens is 1. The van der Waals surface area contributed by atoms with E-state index in [9.17, 15) is 4.79 Å². The summed E-state index contributed by atoms with van der Waals surface area (Å²) in [5.74, 6) is 0.504. The summed E-state index contributed by atoms with van der Waals surface area (Å²) in [6, 6.07) is 18.4. The highest BCUT2D eigenvalue weighted by Crippen LogP contribution is 2.19. The van der Waals surface area contributed by atoms with Gasteiger partial charge in [0.05, 0.1) is 36.2 Å². The van der Waals surface area contributed by atoms with Gasteiger partial charge in [-0.3, -0.25) is 9.78 Å². The Morgan fingerprint density at radius 1 is 1.11 bits per heavy atom. The lowest BCUT2D eigenvalue weighted by molar-refractivity contribution is 0.0950. The number of rotatable bonds is 6. The summed E-state index contributed by atoms with van der Waals surface area (Å²) < 4.78 is 5.29. The van der Waals surface area contributed by atoms with Crippen LogP contribution in [0.4, 0.5) is 11.4 Å². The lowest BCUT2D eigenvalue weighted by Crippen LogP contribution is -2.23. The van der Waals surface area contributed by atoms with Gasteiger partial charge in [0.2, 0.25) is 0 Å². The zero-order chi connectivity index (χ0) is 19.1. The number of ether oxygens (including phenoxy) is 1. The molecule has 134 valence electrons. The Labute approximate surface area is 157 Å². The SMILES string of the molecule is COc1ccccc1CNC(=O)c1cncc(Nc2ccc(C#N)cc2)c1. The minimum absolute atomic E-state index is 0.225. The number of anilines is 2. The molecule has 0 unspecified atom stereocenters. The molecular weight excluding hydrogens is 340 g/mol. The zero-order valence-corrected chi connectivity index (χ0v) is 14.8. The number of nitrogens with zero attached hydrogens (tertiary/aromatic N) is 2. The molecule has 0 aliphatic heterocycles. The predicted molar refractivity (Wildman–Crippen MR) is 103 cm³/mol. The van der Waals surface area contributed by atoms with Gasteiger partial charge in [0.1, 0.15) is 5.75 Å². The zero-order valence-electron chi connectivity index (χ0n) is 14.8. The van der Waals surface area contributed by atoms with Crippen LogP contribution in [0.5, 0.6) is 5.75 Å². The van der Waals surface area contributed by atoms with Gasteiger partial charge in [0.25, 0.3) is 5.91 Å². The third-order valence-corrected chi connectivity index (χ3v) is 3.94. The van der Waals surface area contributed by atoms with E-state index in [2.05, 4.69) is 21.7 Å². The molecule has 0 bridgehead atoms. The molecule has 0 atom stereocenters. The van der Waals surface area contributed by atoms with Crippen molar-refractivity contribution in [3.8, 4) is 11.8 Å². The third kappa shape index (κ3) is 4.61. The molecule has 0 spiro atoms. The average Bonchev–Trinajstić information content (AvgIpc) is 2.73. The van der Waals surface area contributed by atoms with Crippen molar-refractivity contribution in [1.82, 2.24) is 10.3 Å². The minimum Gasteiger partial charge on any atom is -0.496 e. The number of hydrogen-bond donors (Lipinski definition) is 2. The van der Waals surface area contributed by atoms with Crippen LogP contribution in [0, 0.1) is 11.3 Å². The minimum atomic E-state index is -0.225. The van der Waals surface area contributed by atoms with Gasteiger partial charge in [-0.15, -0.1) is 0 Å². The van der Waals surface area contributed by atoms with Gasteiger partial charge in [-0.25, -0.2) is 0 Å². The average molecular weight is 358 g/mol. The Kier molecular flexibility index (Phi) is 5.65. The largest absolute Gasteiger partial charge is 0.496 e. The van der Waals surface area contributed by atoms with E-state index in [1.807, 2.05) is 24.3 Å². The Balaban J connectivity index is 1.67. The highest BCUT2D eigenvalue weighted by molar-refractivity contribution is 5.94. The molecule has 0 saturated carbocycles. The van der Waals surface area contributed by atoms with Gasteiger partial charge in [-0.2, -0.15) is 5.26 Å². The summed E-state index contributed by atoms with van der Waals surface area (Å²) in [6.45, 7) is 0.357. The van der Waals surface area contributed by atoms with Gasteiger partial charge < -0.3 is 15.4 Å². The van der Waals surface area contributed by atoms with Gasteiger partial charge in [0, 0.05) is 24.0 Å². The summed E-state index contributed by atoms with van der Waals surface area (Å²) in [6.07, 6.45) is 3.15. The molecule has 27 heavy (non-hydrogen) atoms. The van der Waals surface area contributed by atoms with Crippen LogP contribution in [0.25, 0.3) is 0 Å². The van der Waals surface area contributed by atoms with Crippen molar-refractivity contribution in [2.75, 3.05) is 12.4 Å². The summed E-state index contributed by atoms with van der Waals surface area (Å²) in [7, 11) is 1.60. The van der Waals surface area contributed by atoms with Gasteiger partial charge in [-0.05, 0) is 36.4 Å². The molecule has 0 aliphatic carbocycles. The smallest absolute Gasteiger partial charge is 0.253 e. The van der Waals surface area contributed by atoms with E-state index < -0.39 is 0 Å². The second kappa shape index (κ2) is 8.50. The van der Waals surface area contributed by atoms with E-state index in [0.717, 1.165) is 17.0 Å². The fraction of sp³-hybridized carbons (Fsp3) is 0.0952. The summed E-state index contributed by atoms with van der Waals surface area (Å²) in [4.78, 5) is 16.6. The molecule has 0 saturated heterocycles. The van der Waals surface area contributed by atoms with Crippen molar-refractivity contribution in [2.45, 2.75) is 6.54 Å². The van der Waals surface area contributed by atoms with Crippen LogP contribution in [0.2, 0.25) is 0 Å². The predicted octanol–water partition coefficient (Wildman–Crippen LogP) is 3.64. The van der Waals surface area contributed by atoms with Crippen LogP contribution in [-0.4, -0.2) is 18.0 Å². The lowest BCUT2D eigenvalue weighted by Gasteiger charge is -2.10. The van der Waals surface area contributed by atoms with Crippen LogP contribution in [0.15, 0.2) is 67.0 Å². The van der Waals surface area contributed by atoms with Gasteiger partial charge in [0.15, 0.2) is 0 Å². The number of nitriles is 1. The maximum Gasteiger partial charge on any atom is 0.253 e. The first-order chi connectivity index (χ1) is 13.2. The number of carbonyl (C=O) groups excluding carboxylic acids is 1. The van der Waals surface area contributed by atoms with Crippen molar-refractivity contribution in [3.05, 3.63) is 83.7 Å². The molecule has 3 aromatic rings. The van der Waals surface area contributed by atoms with Crippen molar-refractivity contribution in [2.24, 2.45) is 0 Å². The lowest BCUT2D eigenvalue weighted by atomic mass is 10.2. The highest BCUT2D eigenvalue weighted by Gasteiger charge is 2.09. The van der Waals surface area contributed by atoms with Crippen molar-refractivity contribution in [1.29, 1.82) is 5.26 Å². The first kappa shape index (κ1) is 18.0. The van der Waals surface area contributed by atoms with Crippen LogP contribution in [-0.2, 0) is 6.54 Å². The molecule has 0 fully saturated rings. The first-order valence-corrected chi connectivity index (χ1v) is 8.32. The summed E-state index contributed by atoms with van der Waals surface area (Å²) >= 11 is 0. The molecule has 0 aliphatic rings. The monoisotopic (exact) mass is 358 g/mol. The van der Waals surface area contributed by atoms with Crippen molar-refractivity contribution >= 4 is 17.3 Å². The third-order valence-electron chi connectivity index (χ3n) is 3.94. The van der Waals surface area contributed by atoms with Gasteiger partial charge >= 0.3 is 0 Å². The molecule has 6 nitrogen and oxygen atoms in total. The molecule has 3 rings (SSSR count). The topological polar surface area (TPSA) is 87.0 Å². The van der Waals surface area contributed by atoms with E-state index in [0.29, 0.717) is 23.4 Å². The van der Waals surface area contributed by atoms with E-state index in [-0.39, 0.29) is 5.91 Å². The molecule has 0 radical (unpaired) electrons. The Morgan fingerprint density at radius 3 is 2.63 bits per heavy atom. The van der Waals surface area contributed by atoms with Gasteiger partial charge in [-0.1, -0.05) is 18.2 Å². The number of nitrogens with one attached hydrogen (secondary N) is 2. The maximum absolute atomic E-state index is 12.5. The molecule has 1 aromatic heterocycles. The summed E-state index contributed by atoms with van der Waals surface area (Å²) in [5, 5.41) is 14.9. The Bertz CT molecular complexity index is 978. The normalized spacial score (nSPS) is 9.93. The van der Waals surface area contributed by atoms with Crippen molar-refractivity contribution in [3.63, 3.8) is 0 Å². The van der Waals surface area contributed by atoms with Crippen LogP contribution in [0.1, 0.15) is 21.5 Å². The Morgan fingerprint density at radius 2 is 1.89 bits per heavy atom. The number of para-hydroxylation sites is 1. The molecule has 2 aromatic carbocycles. The van der Waals surface area contributed by atoms with E-state index in [1.165, 1.54) is 6.20 Å². The quantitative estimate of drug-likeness (QED) is 0.702. The second-order valence-electron chi connectivity index (χ2n) is 5.77. The number of benzene rings is 2. The summed E-state index contributed by atoms with van der Waals surface area (Å²) in [5.41, 5.74) is 3.42. The number of pyridine rings is 1. The van der Waals surface area contributed by atoms with Crippen LogP contribution < -0.4 is 15.4 Å². The number of amides is 1. The standard InChI is InChI=1S/C21H18N4O2/c1-27-20-5-3-2-4-16(20)13-24-21(26)17-10-19(14-23-12-17)25-18-8-6-15(11-22)7-9-18/h2-10,12,14,25H,13H2,1H3,(H,24,26). The number of methoxy groups -OCH3 is 1. The maximum atomic E-state index is 12.5. The van der Waals surface area contributed by atoms with Crippen LogP contribution >= 0.6 is 0 Å². The van der Waals surface area contributed by atoms with E-state index in [4.69, 9.17) is 10.00 Å². The first-order valence-electron chi connectivity index (χ1n) is 8.32. The van der Waals surface area contributed by atoms with E-state index >= 15 is 0 Å². The van der Waals surface area contributed by atoms with E-state index in [1.54, 1.807) is 43.6 Å². The highest BCUT2D eigenvalue weighted by atomic mass is 16.5.